The molecule has 2 heterocycles. The highest BCUT2D eigenvalue weighted by molar-refractivity contribution is 7.99. The minimum absolute atomic E-state index is 0.209. The second-order valence-corrected chi connectivity index (χ2v) is 7.33. The van der Waals surface area contributed by atoms with Crippen LogP contribution in [0.25, 0.3) is 0 Å². The van der Waals surface area contributed by atoms with Crippen LogP contribution in [0.15, 0.2) is 46.5 Å². The average molecular weight is 386 g/mol. The molecule has 0 bridgehead atoms. The number of carbonyl (C=O) groups is 2. The number of esters is 1. The van der Waals surface area contributed by atoms with Crippen molar-refractivity contribution in [2.24, 2.45) is 0 Å². The number of carbonyl (C=O) groups excluding carboxylic acids is 2. The monoisotopic (exact) mass is 386 g/mol. The molecule has 27 heavy (non-hydrogen) atoms. The Morgan fingerprint density at radius 1 is 1.22 bits per heavy atom. The van der Waals surface area contributed by atoms with Gasteiger partial charge in [-0.1, -0.05) is 23.9 Å². The van der Waals surface area contributed by atoms with Crippen LogP contribution in [0.5, 0.6) is 0 Å². The molecule has 6 nitrogen and oxygen atoms in total. The molecule has 3 rings (SSSR count). The Morgan fingerprint density at radius 2 is 2.00 bits per heavy atom. The van der Waals surface area contributed by atoms with Crippen molar-refractivity contribution in [2.45, 2.75) is 23.8 Å². The highest BCUT2D eigenvalue weighted by atomic mass is 32.2. The minimum atomic E-state index is -0.544. The van der Waals surface area contributed by atoms with Gasteiger partial charge in [-0.15, -0.1) is 0 Å². The number of hydrogen-bond acceptors (Lipinski definition) is 6. The minimum Gasteiger partial charge on any atom is -0.452 e. The Morgan fingerprint density at radius 3 is 2.78 bits per heavy atom. The second-order valence-electron chi connectivity index (χ2n) is 6.30. The third kappa shape index (κ3) is 5.08. The number of aryl methyl sites for hydroxylation is 2. The molecular weight excluding hydrogens is 364 g/mol. The van der Waals surface area contributed by atoms with Gasteiger partial charge >= 0.3 is 5.97 Å². The van der Waals surface area contributed by atoms with Crippen LogP contribution in [-0.2, 0) is 14.3 Å². The zero-order valence-corrected chi connectivity index (χ0v) is 16.3. The van der Waals surface area contributed by atoms with Gasteiger partial charge in [-0.3, -0.25) is 4.79 Å². The predicted molar refractivity (Wildman–Crippen MR) is 102 cm³/mol. The Labute approximate surface area is 162 Å². The van der Waals surface area contributed by atoms with Crippen molar-refractivity contribution in [1.82, 2.24) is 9.88 Å². The quantitative estimate of drug-likeness (QED) is 0.736. The maximum absolute atomic E-state index is 12.5. The lowest BCUT2D eigenvalue weighted by Crippen LogP contribution is -2.42. The normalized spacial score (nSPS) is 14.1. The standard InChI is InChI=1S/C20H22N2O4S/c1-14-5-6-15(2)17(12-14)27-19-16(4-3-7-21-19)20(24)26-13-18(23)22-8-10-25-11-9-22/h3-7,12H,8-11,13H2,1-2H3. The van der Waals surface area contributed by atoms with Gasteiger partial charge in [0.15, 0.2) is 6.61 Å². The van der Waals surface area contributed by atoms with Crippen molar-refractivity contribution in [2.75, 3.05) is 32.9 Å². The summed E-state index contributed by atoms with van der Waals surface area (Å²) in [6, 6.07) is 9.51. The Kier molecular flexibility index (Phi) is 6.47. The molecule has 142 valence electrons. The molecule has 7 heteroatoms. The van der Waals surface area contributed by atoms with E-state index in [9.17, 15) is 9.59 Å². The number of aromatic nitrogens is 1. The molecule has 0 N–H and O–H groups in total. The molecule has 1 fully saturated rings. The first kappa shape index (κ1) is 19.4. The number of amides is 1. The SMILES string of the molecule is Cc1ccc(C)c(Sc2ncccc2C(=O)OCC(=O)N2CCOCC2)c1. The van der Waals surface area contributed by atoms with Gasteiger partial charge in [0.05, 0.1) is 18.8 Å². The summed E-state index contributed by atoms with van der Waals surface area (Å²) in [6.07, 6.45) is 1.64. The summed E-state index contributed by atoms with van der Waals surface area (Å²) < 4.78 is 10.5. The van der Waals surface area contributed by atoms with Gasteiger partial charge in [0, 0.05) is 24.2 Å². The van der Waals surface area contributed by atoms with Gasteiger partial charge in [-0.05, 0) is 43.2 Å². The Hall–Kier alpha value is -2.38. The number of nitrogens with zero attached hydrogens (tertiary/aromatic N) is 2. The molecule has 1 aliphatic heterocycles. The summed E-state index contributed by atoms with van der Waals surface area (Å²) in [7, 11) is 0. The highest BCUT2D eigenvalue weighted by Crippen LogP contribution is 2.32. The van der Waals surface area contributed by atoms with Gasteiger partial charge in [-0.25, -0.2) is 9.78 Å². The Bertz CT molecular complexity index is 834. The number of morpholine rings is 1. The first-order valence-electron chi connectivity index (χ1n) is 8.77. The smallest absolute Gasteiger partial charge is 0.341 e. The van der Waals surface area contributed by atoms with Crippen LogP contribution in [0.2, 0.25) is 0 Å². The maximum Gasteiger partial charge on any atom is 0.341 e. The number of hydrogen-bond donors (Lipinski definition) is 0. The van der Waals surface area contributed by atoms with E-state index >= 15 is 0 Å². The van der Waals surface area contributed by atoms with Crippen LogP contribution in [0.1, 0.15) is 21.5 Å². The van der Waals surface area contributed by atoms with Gasteiger partial charge in [0.1, 0.15) is 5.03 Å². The number of ether oxygens (including phenoxy) is 2. The van der Waals surface area contributed by atoms with E-state index in [0.717, 1.165) is 16.0 Å². The summed E-state index contributed by atoms with van der Waals surface area (Å²) in [5.41, 5.74) is 2.61. The molecule has 0 radical (unpaired) electrons. The average Bonchev–Trinajstić information content (AvgIpc) is 2.69. The van der Waals surface area contributed by atoms with Crippen molar-refractivity contribution in [1.29, 1.82) is 0 Å². The molecule has 1 amide bonds. The van der Waals surface area contributed by atoms with Crippen molar-refractivity contribution in [3.05, 3.63) is 53.2 Å². The Balaban J connectivity index is 1.68. The fourth-order valence-corrected chi connectivity index (χ4v) is 3.72. The third-order valence-electron chi connectivity index (χ3n) is 4.23. The van der Waals surface area contributed by atoms with Crippen LogP contribution < -0.4 is 0 Å². The van der Waals surface area contributed by atoms with Crippen LogP contribution in [-0.4, -0.2) is 54.7 Å². The summed E-state index contributed by atoms with van der Waals surface area (Å²) in [4.78, 5) is 31.7. The van der Waals surface area contributed by atoms with Crippen LogP contribution in [0, 0.1) is 13.8 Å². The highest BCUT2D eigenvalue weighted by Gasteiger charge is 2.21. The fourth-order valence-electron chi connectivity index (χ4n) is 2.66. The summed E-state index contributed by atoms with van der Waals surface area (Å²) in [5.74, 6) is -0.753. The zero-order chi connectivity index (χ0) is 19.2. The van der Waals surface area contributed by atoms with Crippen LogP contribution >= 0.6 is 11.8 Å². The lowest BCUT2D eigenvalue weighted by atomic mass is 10.2. The first-order chi connectivity index (χ1) is 13.0. The van der Waals surface area contributed by atoms with Gasteiger partial charge in [0.25, 0.3) is 5.91 Å². The molecule has 1 aliphatic rings. The number of rotatable bonds is 5. The van der Waals surface area contributed by atoms with Gasteiger partial charge in [0.2, 0.25) is 0 Å². The maximum atomic E-state index is 12.5. The van der Waals surface area contributed by atoms with E-state index in [4.69, 9.17) is 9.47 Å². The molecule has 1 saturated heterocycles. The largest absolute Gasteiger partial charge is 0.452 e. The lowest BCUT2D eigenvalue weighted by molar-refractivity contribution is -0.138. The van der Waals surface area contributed by atoms with E-state index < -0.39 is 5.97 Å². The number of pyridine rings is 1. The van der Waals surface area contributed by atoms with E-state index in [1.54, 1.807) is 23.2 Å². The molecule has 0 aliphatic carbocycles. The van der Waals surface area contributed by atoms with Gasteiger partial charge in [-0.2, -0.15) is 0 Å². The second kappa shape index (κ2) is 9.01. The van der Waals surface area contributed by atoms with Gasteiger partial charge < -0.3 is 14.4 Å². The van der Waals surface area contributed by atoms with E-state index in [1.165, 1.54) is 11.8 Å². The predicted octanol–water partition coefficient (Wildman–Crippen LogP) is 2.87. The molecule has 1 aromatic carbocycles. The van der Waals surface area contributed by atoms with Crippen molar-refractivity contribution < 1.29 is 19.1 Å². The van der Waals surface area contributed by atoms with E-state index in [2.05, 4.69) is 11.1 Å². The van der Waals surface area contributed by atoms with Crippen molar-refractivity contribution in [3.8, 4) is 0 Å². The number of benzene rings is 1. The van der Waals surface area contributed by atoms with Crippen LogP contribution in [0.4, 0.5) is 0 Å². The molecular formula is C20H22N2O4S. The topological polar surface area (TPSA) is 68.7 Å². The summed E-state index contributed by atoms with van der Waals surface area (Å²) in [6.45, 7) is 5.84. The lowest BCUT2D eigenvalue weighted by Gasteiger charge is -2.26. The van der Waals surface area contributed by atoms with Crippen molar-refractivity contribution in [3.63, 3.8) is 0 Å². The summed E-state index contributed by atoms with van der Waals surface area (Å²) in [5, 5.41) is 0.565. The molecule has 0 unspecified atom stereocenters. The van der Waals surface area contributed by atoms with E-state index in [1.807, 2.05) is 26.0 Å². The summed E-state index contributed by atoms with van der Waals surface area (Å²) >= 11 is 1.42. The molecule has 0 saturated carbocycles. The van der Waals surface area contributed by atoms with E-state index in [-0.39, 0.29) is 12.5 Å². The first-order valence-corrected chi connectivity index (χ1v) is 9.59. The van der Waals surface area contributed by atoms with Crippen LogP contribution in [0.3, 0.4) is 0 Å². The molecule has 2 aromatic rings. The third-order valence-corrected chi connectivity index (χ3v) is 5.41. The fraction of sp³-hybridized carbons (Fsp3) is 0.350. The molecule has 0 spiro atoms. The molecule has 0 atom stereocenters. The molecule has 1 aromatic heterocycles. The van der Waals surface area contributed by atoms with Crippen molar-refractivity contribution >= 4 is 23.6 Å². The van der Waals surface area contributed by atoms with E-state index in [0.29, 0.717) is 36.9 Å². The zero-order valence-electron chi connectivity index (χ0n) is 15.4.